The van der Waals surface area contributed by atoms with Gasteiger partial charge < -0.3 is 15.7 Å². The quantitative estimate of drug-likeness (QED) is 0.213. The van der Waals surface area contributed by atoms with Gasteiger partial charge in [0.15, 0.2) is 21.8 Å². The van der Waals surface area contributed by atoms with Crippen molar-refractivity contribution in [1.29, 1.82) is 0 Å². The van der Waals surface area contributed by atoms with E-state index < -0.39 is 29.0 Å². The molecule has 0 radical (unpaired) electrons. The number of ketones is 1. The molecule has 2 aromatic heterocycles. The van der Waals surface area contributed by atoms with Crippen molar-refractivity contribution >= 4 is 63.4 Å². The van der Waals surface area contributed by atoms with Crippen molar-refractivity contribution in [3.63, 3.8) is 0 Å². The number of nitrogen functional groups attached to an aromatic ring is 1. The predicted octanol–water partition coefficient (Wildman–Crippen LogP) is 0.826. The molecule has 0 spiro atoms. The second kappa shape index (κ2) is 9.52. The number of aryl methyl sites for hydroxylation is 1. The molecule has 15 heteroatoms. The highest BCUT2D eigenvalue weighted by Crippen LogP contribution is 2.46. The molecule has 0 bridgehead atoms. The topological polar surface area (TPSA) is 166 Å². The molecule has 2 aliphatic heterocycles. The monoisotopic (exact) mass is 509 g/mol. The lowest BCUT2D eigenvalue weighted by molar-refractivity contribution is -0.153. The number of aromatic nitrogens is 4. The molecule has 0 aliphatic carbocycles. The van der Waals surface area contributed by atoms with E-state index in [1.807, 2.05) is 0 Å². The van der Waals surface area contributed by atoms with E-state index in [9.17, 15) is 19.5 Å². The fourth-order valence-electron chi connectivity index (χ4n) is 3.52. The number of hydrogen-bond donors (Lipinski definition) is 2. The first-order valence-corrected chi connectivity index (χ1v) is 12.5. The minimum absolute atomic E-state index is 0.0210. The van der Waals surface area contributed by atoms with Gasteiger partial charge in [-0.1, -0.05) is 16.9 Å². The molecule has 0 aromatic carbocycles. The van der Waals surface area contributed by atoms with Gasteiger partial charge in [-0.2, -0.15) is 5.10 Å². The first kappa shape index (κ1) is 23.3. The normalized spacial score (nSPS) is 20.5. The molecule has 1 amide bonds. The Morgan fingerprint density at radius 2 is 2.24 bits per heavy atom. The maximum atomic E-state index is 12.9. The largest absolute Gasteiger partial charge is 0.477 e. The summed E-state index contributed by atoms with van der Waals surface area (Å²) in [5.41, 5.74) is 6.49. The maximum Gasteiger partial charge on any atom is 0.352 e. The number of nitrogens with two attached hydrogens (primary N) is 1. The molecule has 4 heterocycles. The summed E-state index contributed by atoms with van der Waals surface area (Å²) in [7, 11) is 3.05. The van der Waals surface area contributed by atoms with Gasteiger partial charge in [-0.05, 0) is 5.57 Å². The van der Waals surface area contributed by atoms with Gasteiger partial charge in [-0.15, -0.1) is 23.1 Å². The fraction of sp³-hybridized carbons (Fsp3) is 0.389. The number of oxime groups is 1. The van der Waals surface area contributed by atoms with Crippen LogP contribution in [0.4, 0.5) is 5.13 Å². The first-order chi connectivity index (χ1) is 15.8. The molecule has 0 unspecified atom stereocenters. The maximum absolute atomic E-state index is 12.9. The number of fused-ring (bicyclic) bond motifs is 1. The Bertz CT molecular complexity index is 1170. The van der Waals surface area contributed by atoms with E-state index >= 15 is 0 Å². The third-order valence-electron chi connectivity index (χ3n) is 5.02. The second-order valence-corrected chi connectivity index (χ2v) is 9.99. The average Bonchev–Trinajstić information content (AvgIpc) is 3.40. The van der Waals surface area contributed by atoms with E-state index in [1.54, 1.807) is 17.1 Å². The van der Waals surface area contributed by atoms with Crippen molar-refractivity contribution in [3.05, 3.63) is 28.7 Å². The van der Waals surface area contributed by atoms with E-state index in [4.69, 9.17) is 10.6 Å². The van der Waals surface area contributed by atoms with Crippen molar-refractivity contribution in [2.24, 2.45) is 18.1 Å². The predicted molar refractivity (Wildman–Crippen MR) is 123 cm³/mol. The summed E-state index contributed by atoms with van der Waals surface area (Å²) in [5.74, 6) is -1.89. The molecule has 1 fully saturated rings. The molecule has 1 saturated heterocycles. The standard InChI is InChI=1S/C18H19N7O5S3/c1-24-18(20-7-21-24)33-5-8-4-31-15-9(14(27)25(15)13(8)16(28)29)3-11(26)12(23-30-2)10-6-32-17(19)22-10/h6-7,9,15H,3-5H2,1-2H3,(H2,19,22)(H,28,29)/b23-12-/t9-,15-/m1/s1. The number of carbonyl (C=O) groups is 3. The Morgan fingerprint density at radius 1 is 1.45 bits per heavy atom. The minimum Gasteiger partial charge on any atom is -0.477 e. The van der Waals surface area contributed by atoms with Crippen LogP contribution in [0.3, 0.4) is 0 Å². The summed E-state index contributed by atoms with van der Waals surface area (Å²) in [4.78, 5) is 52.1. The molecule has 2 atom stereocenters. The molecule has 33 heavy (non-hydrogen) atoms. The zero-order chi connectivity index (χ0) is 23.7. The van der Waals surface area contributed by atoms with Crippen molar-refractivity contribution in [1.82, 2.24) is 24.6 Å². The number of carbonyl (C=O) groups excluding carboxylic acids is 2. The summed E-state index contributed by atoms with van der Waals surface area (Å²) >= 11 is 3.94. The Kier molecular flexibility index (Phi) is 6.71. The Morgan fingerprint density at radius 3 is 2.85 bits per heavy atom. The number of β-lactam (4-membered cyclic amide) rings is 1. The summed E-state index contributed by atoms with van der Waals surface area (Å²) in [6.07, 6.45) is 1.28. The Balaban J connectivity index is 1.49. The van der Waals surface area contributed by atoms with E-state index in [1.165, 1.54) is 41.9 Å². The van der Waals surface area contributed by atoms with E-state index in [0.29, 0.717) is 22.2 Å². The van der Waals surface area contributed by atoms with Gasteiger partial charge in [0.2, 0.25) is 5.91 Å². The van der Waals surface area contributed by atoms with Gasteiger partial charge in [0.25, 0.3) is 0 Å². The van der Waals surface area contributed by atoms with Gasteiger partial charge >= 0.3 is 5.97 Å². The third-order valence-corrected chi connectivity index (χ3v) is 8.21. The van der Waals surface area contributed by atoms with Crippen LogP contribution in [0.5, 0.6) is 0 Å². The number of carboxylic acid groups (broad SMARTS) is 1. The molecule has 174 valence electrons. The van der Waals surface area contributed by atoms with Gasteiger partial charge in [0.05, 0.1) is 11.3 Å². The van der Waals surface area contributed by atoms with Crippen LogP contribution in [-0.2, 0) is 26.3 Å². The number of carboxylic acids is 1. The third kappa shape index (κ3) is 4.47. The number of thiazole rings is 1. The summed E-state index contributed by atoms with van der Waals surface area (Å²) in [6, 6.07) is 0. The lowest BCUT2D eigenvalue weighted by atomic mass is 9.89. The zero-order valence-electron chi connectivity index (χ0n) is 17.5. The number of aliphatic carboxylic acids is 1. The number of thioether (sulfide) groups is 2. The highest BCUT2D eigenvalue weighted by Gasteiger charge is 2.54. The summed E-state index contributed by atoms with van der Waals surface area (Å²) < 4.78 is 1.59. The minimum atomic E-state index is -1.17. The number of rotatable bonds is 9. The summed E-state index contributed by atoms with van der Waals surface area (Å²) in [5, 5.41) is 19.6. The fourth-order valence-corrected chi connectivity index (χ4v) is 6.51. The molecule has 2 aromatic rings. The Hall–Kier alpha value is -2.91. The number of hydrogen-bond acceptors (Lipinski definition) is 12. The first-order valence-electron chi connectivity index (χ1n) is 9.54. The lowest BCUT2D eigenvalue weighted by Gasteiger charge is -2.49. The molecular formula is C18H19N7O5S3. The van der Waals surface area contributed by atoms with Crippen molar-refractivity contribution in [2.75, 3.05) is 24.3 Å². The van der Waals surface area contributed by atoms with Gasteiger partial charge in [0.1, 0.15) is 24.8 Å². The molecule has 4 rings (SSSR count). The summed E-state index contributed by atoms with van der Waals surface area (Å²) in [6.45, 7) is 0. The van der Waals surface area contributed by atoms with E-state index in [-0.39, 0.29) is 28.7 Å². The molecule has 12 nitrogen and oxygen atoms in total. The lowest BCUT2D eigenvalue weighted by Crippen LogP contribution is -2.62. The van der Waals surface area contributed by atoms with Crippen LogP contribution < -0.4 is 5.73 Å². The molecule has 2 aliphatic rings. The van der Waals surface area contributed by atoms with Crippen LogP contribution >= 0.6 is 34.9 Å². The molecule has 0 saturated carbocycles. The SMILES string of the molecule is CO/N=C(\C(=O)C[C@@H]1C(=O)N2C(C(=O)O)=C(CSc3ncnn3C)CS[C@H]12)c1csc(N)n1. The zero-order valence-corrected chi connectivity index (χ0v) is 19.9. The van der Waals surface area contributed by atoms with Crippen LogP contribution in [0.2, 0.25) is 0 Å². The van der Waals surface area contributed by atoms with Crippen LogP contribution in [0.1, 0.15) is 12.1 Å². The number of anilines is 1. The van der Waals surface area contributed by atoms with Gasteiger partial charge in [0, 0.05) is 30.4 Å². The average molecular weight is 510 g/mol. The van der Waals surface area contributed by atoms with E-state index in [0.717, 1.165) is 11.3 Å². The number of amides is 1. The Labute approximate surface area is 200 Å². The highest BCUT2D eigenvalue weighted by atomic mass is 32.2. The van der Waals surface area contributed by atoms with Gasteiger partial charge in [-0.25, -0.2) is 19.4 Å². The van der Waals surface area contributed by atoms with Crippen LogP contribution in [0, 0.1) is 5.92 Å². The van der Waals surface area contributed by atoms with Gasteiger partial charge in [-0.3, -0.25) is 14.5 Å². The highest BCUT2D eigenvalue weighted by molar-refractivity contribution is 8.01. The van der Waals surface area contributed by atoms with Crippen molar-refractivity contribution < 1.29 is 24.3 Å². The number of Topliss-reactive ketones (excluding diaryl/α,β-unsaturated/α-hetero) is 1. The van der Waals surface area contributed by atoms with Crippen molar-refractivity contribution in [3.8, 4) is 0 Å². The smallest absolute Gasteiger partial charge is 0.352 e. The van der Waals surface area contributed by atoms with Crippen LogP contribution in [0.25, 0.3) is 0 Å². The molecular weight excluding hydrogens is 490 g/mol. The van der Waals surface area contributed by atoms with Crippen LogP contribution in [0.15, 0.2) is 33.3 Å². The van der Waals surface area contributed by atoms with Crippen molar-refractivity contribution in [2.45, 2.75) is 17.0 Å². The molecule has 3 N–H and O–H groups in total. The second-order valence-electron chi connectivity index (χ2n) is 7.05. The van der Waals surface area contributed by atoms with E-state index in [2.05, 4.69) is 20.2 Å². The van der Waals surface area contributed by atoms with Crippen LogP contribution in [-0.4, -0.2) is 77.1 Å². The number of nitrogens with zero attached hydrogens (tertiary/aromatic N) is 6.